The Labute approximate surface area is 159 Å². The van der Waals surface area contributed by atoms with Crippen molar-refractivity contribution >= 4 is 18.7 Å². The van der Waals surface area contributed by atoms with E-state index in [1.54, 1.807) is 0 Å². The van der Waals surface area contributed by atoms with Crippen molar-refractivity contribution in [1.82, 2.24) is 0 Å². The van der Waals surface area contributed by atoms with Crippen LogP contribution in [-0.2, 0) is 4.43 Å². The van der Waals surface area contributed by atoms with Gasteiger partial charge in [-0.1, -0.05) is 87.9 Å². The Hall–Kier alpha value is -1.42. The zero-order chi connectivity index (χ0) is 18.6. The SMILES string of the molecule is CC(C)(C)[Si](OC[C@@H]1CCC[C@@H]1CN)(c1ccccc1)c1ccccc1. The van der Waals surface area contributed by atoms with Crippen LogP contribution < -0.4 is 16.1 Å². The first kappa shape index (κ1) is 19.3. The van der Waals surface area contributed by atoms with Gasteiger partial charge in [-0.2, -0.15) is 0 Å². The van der Waals surface area contributed by atoms with Crippen LogP contribution >= 0.6 is 0 Å². The zero-order valence-electron chi connectivity index (χ0n) is 16.4. The van der Waals surface area contributed by atoms with E-state index in [2.05, 4.69) is 81.4 Å². The molecule has 26 heavy (non-hydrogen) atoms. The second-order valence-electron chi connectivity index (χ2n) is 8.66. The molecule has 3 heteroatoms. The molecule has 1 aliphatic carbocycles. The Morgan fingerprint density at radius 2 is 1.38 bits per heavy atom. The second kappa shape index (κ2) is 8.08. The molecule has 0 saturated heterocycles. The summed E-state index contributed by atoms with van der Waals surface area (Å²) >= 11 is 0. The molecule has 1 saturated carbocycles. The first-order valence-corrected chi connectivity index (χ1v) is 11.8. The van der Waals surface area contributed by atoms with Crippen molar-refractivity contribution in [3.8, 4) is 0 Å². The maximum absolute atomic E-state index is 7.07. The van der Waals surface area contributed by atoms with Crippen molar-refractivity contribution in [2.45, 2.75) is 45.1 Å². The van der Waals surface area contributed by atoms with Crippen LogP contribution in [0.2, 0.25) is 5.04 Å². The molecule has 2 aromatic rings. The predicted octanol–water partition coefficient (Wildman–Crippen LogP) is 3.94. The summed E-state index contributed by atoms with van der Waals surface area (Å²) in [5, 5.41) is 2.77. The highest BCUT2D eigenvalue weighted by Crippen LogP contribution is 2.39. The minimum absolute atomic E-state index is 0.0481. The van der Waals surface area contributed by atoms with Crippen molar-refractivity contribution in [1.29, 1.82) is 0 Å². The van der Waals surface area contributed by atoms with Crippen molar-refractivity contribution in [2.24, 2.45) is 17.6 Å². The van der Waals surface area contributed by atoms with Gasteiger partial charge >= 0.3 is 0 Å². The molecule has 0 aliphatic heterocycles. The molecule has 0 bridgehead atoms. The lowest BCUT2D eigenvalue weighted by Crippen LogP contribution is -2.67. The number of hydrogen-bond acceptors (Lipinski definition) is 2. The van der Waals surface area contributed by atoms with Gasteiger partial charge in [-0.25, -0.2) is 0 Å². The van der Waals surface area contributed by atoms with Crippen LogP contribution in [0.25, 0.3) is 0 Å². The molecule has 140 valence electrons. The summed E-state index contributed by atoms with van der Waals surface area (Å²) in [6.45, 7) is 8.64. The van der Waals surface area contributed by atoms with Gasteiger partial charge in [-0.3, -0.25) is 0 Å². The van der Waals surface area contributed by atoms with Gasteiger partial charge in [0.15, 0.2) is 0 Å². The van der Waals surface area contributed by atoms with Crippen molar-refractivity contribution in [2.75, 3.05) is 13.2 Å². The Kier molecular flexibility index (Phi) is 6.01. The third-order valence-electron chi connectivity index (χ3n) is 6.05. The van der Waals surface area contributed by atoms with E-state index in [-0.39, 0.29) is 5.04 Å². The average molecular weight is 368 g/mol. The maximum atomic E-state index is 7.07. The smallest absolute Gasteiger partial charge is 0.261 e. The molecule has 1 fully saturated rings. The van der Waals surface area contributed by atoms with Gasteiger partial charge in [0.25, 0.3) is 8.32 Å². The average Bonchev–Trinajstić information content (AvgIpc) is 3.10. The zero-order valence-corrected chi connectivity index (χ0v) is 17.4. The van der Waals surface area contributed by atoms with Gasteiger partial charge < -0.3 is 10.2 Å². The normalized spacial score (nSPS) is 21.1. The van der Waals surface area contributed by atoms with Gasteiger partial charge in [0.2, 0.25) is 0 Å². The first-order chi connectivity index (χ1) is 12.5. The predicted molar refractivity (Wildman–Crippen MR) is 113 cm³/mol. The lowest BCUT2D eigenvalue weighted by Gasteiger charge is -2.44. The largest absolute Gasteiger partial charge is 0.407 e. The van der Waals surface area contributed by atoms with Crippen LogP contribution in [-0.4, -0.2) is 21.5 Å². The fraction of sp³-hybridized carbons (Fsp3) is 0.478. The van der Waals surface area contributed by atoms with Crippen molar-refractivity contribution in [3.05, 3.63) is 60.7 Å². The third-order valence-corrected chi connectivity index (χ3v) is 11.1. The molecule has 0 aromatic heterocycles. The summed E-state index contributed by atoms with van der Waals surface area (Å²) < 4.78 is 7.07. The van der Waals surface area contributed by atoms with E-state index in [0.717, 1.165) is 13.2 Å². The summed E-state index contributed by atoms with van der Waals surface area (Å²) in [7, 11) is -2.40. The Morgan fingerprint density at radius 1 is 0.885 bits per heavy atom. The van der Waals surface area contributed by atoms with Crippen LogP contribution in [0.3, 0.4) is 0 Å². The Balaban J connectivity index is 2.03. The molecule has 0 radical (unpaired) electrons. The van der Waals surface area contributed by atoms with Gasteiger partial charge in [0.1, 0.15) is 0 Å². The lowest BCUT2D eigenvalue weighted by molar-refractivity contribution is 0.205. The molecule has 0 amide bonds. The second-order valence-corrected chi connectivity index (χ2v) is 13.0. The first-order valence-electron chi connectivity index (χ1n) is 9.94. The van der Waals surface area contributed by atoms with Crippen LogP contribution in [0.1, 0.15) is 40.0 Å². The Morgan fingerprint density at radius 3 is 1.85 bits per heavy atom. The maximum Gasteiger partial charge on any atom is 0.261 e. The van der Waals surface area contributed by atoms with Crippen molar-refractivity contribution in [3.63, 3.8) is 0 Å². The summed E-state index contributed by atoms with van der Waals surface area (Å²) in [4.78, 5) is 0. The molecule has 2 nitrogen and oxygen atoms in total. The molecule has 1 aliphatic rings. The summed E-state index contributed by atoms with van der Waals surface area (Å²) in [5.41, 5.74) is 6.03. The van der Waals surface area contributed by atoms with Crippen LogP contribution in [0.15, 0.2) is 60.7 Å². The quantitative estimate of drug-likeness (QED) is 0.785. The van der Waals surface area contributed by atoms with E-state index >= 15 is 0 Å². The molecule has 2 atom stereocenters. The highest BCUT2D eigenvalue weighted by atomic mass is 28.4. The van der Waals surface area contributed by atoms with E-state index in [4.69, 9.17) is 10.2 Å². The van der Waals surface area contributed by atoms with Gasteiger partial charge in [0, 0.05) is 6.61 Å². The molecule has 0 unspecified atom stereocenters. The molecule has 2 aromatic carbocycles. The van der Waals surface area contributed by atoms with Crippen LogP contribution in [0.4, 0.5) is 0 Å². The number of rotatable bonds is 6. The lowest BCUT2D eigenvalue weighted by atomic mass is 9.97. The molecule has 2 N–H and O–H groups in total. The fourth-order valence-corrected chi connectivity index (χ4v) is 9.26. The van der Waals surface area contributed by atoms with Gasteiger partial charge in [0.05, 0.1) is 0 Å². The topological polar surface area (TPSA) is 35.2 Å². The molecular weight excluding hydrogens is 334 g/mol. The van der Waals surface area contributed by atoms with Crippen LogP contribution in [0, 0.1) is 11.8 Å². The van der Waals surface area contributed by atoms with E-state index in [1.165, 1.54) is 29.6 Å². The fourth-order valence-electron chi connectivity index (χ4n) is 4.64. The molecule has 0 spiro atoms. The Bertz CT molecular complexity index is 641. The summed E-state index contributed by atoms with van der Waals surface area (Å²) in [5.74, 6) is 1.22. The standard InChI is InChI=1S/C23H33NOSi/c1-23(2,3)26(21-13-6-4-7-14-21,22-15-8-5-9-16-22)25-18-20-12-10-11-19(20)17-24/h4-9,13-16,19-20H,10-12,17-18,24H2,1-3H3/t19-,20+/m1/s1. The number of benzene rings is 2. The van der Waals surface area contributed by atoms with Gasteiger partial charge in [-0.05, 0) is 46.6 Å². The number of hydrogen-bond donors (Lipinski definition) is 1. The van der Waals surface area contributed by atoms with E-state index in [0.29, 0.717) is 11.8 Å². The molecule has 3 rings (SSSR count). The monoisotopic (exact) mass is 367 g/mol. The summed E-state index contributed by atoms with van der Waals surface area (Å²) in [6.07, 6.45) is 3.79. The highest BCUT2D eigenvalue weighted by Gasteiger charge is 2.50. The highest BCUT2D eigenvalue weighted by molar-refractivity contribution is 6.99. The number of nitrogens with two attached hydrogens (primary N) is 1. The van der Waals surface area contributed by atoms with Crippen molar-refractivity contribution < 1.29 is 4.43 Å². The van der Waals surface area contributed by atoms with Gasteiger partial charge in [-0.15, -0.1) is 0 Å². The molecule has 0 heterocycles. The third kappa shape index (κ3) is 3.66. The van der Waals surface area contributed by atoms with E-state index in [1.807, 2.05) is 0 Å². The minimum Gasteiger partial charge on any atom is -0.407 e. The minimum atomic E-state index is -2.40. The van der Waals surface area contributed by atoms with E-state index in [9.17, 15) is 0 Å². The molecular formula is C23H33NOSi. The van der Waals surface area contributed by atoms with Crippen LogP contribution in [0.5, 0.6) is 0 Å². The summed E-state index contributed by atoms with van der Waals surface area (Å²) in [6, 6.07) is 21.8. The van der Waals surface area contributed by atoms with E-state index < -0.39 is 8.32 Å².